The molecule has 2 amide bonds. The summed E-state index contributed by atoms with van der Waals surface area (Å²) in [5.41, 5.74) is 0. The van der Waals surface area contributed by atoms with E-state index in [0.717, 1.165) is 58.3 Å². The average molecular weight is 295 g/mol. The Morgan fingerprint density at radius 1 is 1.29 bits per heavy atom. The van der Waals surface area contributed by atoms with Gasteiger partial charge in [-0.25, -0.2) is 0 Å². The Balaban J connectivity index is 1.78. The van der Waals surface area contributed by atoms with Crippen LogP contribution in [0.1, 0.15) is 51.9 Å². The maximum absolute atomic E-state index is 12.4. The van der Waals surface area contributed by atoms with Gasteiger partial charge in [0, 0.05) is 19.5 Å². The summed E-state index contributed by atoms with van der Waals surface area (Å²) in [5, 5.41) is 6.39. The van der Waals surface area contributed by atoms with Crippen molar-refractivity contribution in [2.24, 2.45) is 5.92 Å². The maximum atomic E-state index is 12.4. The average Bonchev–Trinajstić information content (AvgIpc) is 3.00. The van der Waals surface area contributed by atoms with Crippen molar-refractivity contribution in [3.05, 3.63) is 0 Å². The van der Waals surface area contributed by atoms with Crippen molar-refractivity contribution in [1.29, 1.82) is 0 Å². The second kappa shape index (κ2) is 8.37. The molecule has 120 valence electrons. The van der Waals surface area contributed by atoms with Crippen molar-refractivity contribution < 1.29 is 9.59 Å². The first-order chi connectivity index (χ1) is 10.2. The van der Waals surface area contributed by atoms with E-state index >= 15 is 0 Å². The van der Waals surface area contributed by atoms with Gasteiger partial charge in [-0.1, -0.05) is 6.92 Å². The van der Waals surface area contributed by atoms with E-state index in [1.807, 2.05) is 6.92 Å². The number of amides is 2. The van der Waals surface area contributed by atoms with Crippen molar-refractivity contribution in [3.63, 3.8) is 0 Å². The zero-order valence-electron chi connectivity index (χ0n) is 13.2. The summed E-state index contributed by atoms with van der Waals surface area (Å²) in [6.07, 6.45) is 6.52. The van der Waals surface area contributed by atoms with E-state index in [2.05, 4.69) is 10.6 Å². The highest BCUT2D eigenvalue weighted by Crippen LogP contribution is 2.19. The molecule has 0 bridgehead atoms. The van der Waals surface area contributed by atoms with Crippen LogP contribution >= 0.6 is 0 Å². The van der Waals surface area contributed by atoms with Crippen molar-refractivity contribution in [2.75, 3.05) is 26.2 Å². The number of carbonyl (C=O) groups is 2. The van der Waals surface area contributed by atoms with E-state index in [1.54, 1.807) is 4.90 Å². The van der Waals surface area contributed by atoms with Gasteiger partial charge in [0.05, 0.1) is 0 Å². The van der Waals surface area contributed by atoms with Crippen molar-refractivity contribution in [3.8, 4) is 0 Å². The molecule has 0 aliphatic carbocycles. The number of piperidine rings is 1. The Labute approximate surface area is 127 Å². The maximum Gasteiger partial charge on any atom is 0.242 e. The third-order valence-electron chi connectivity index (χ3n) is 4.60. The van der Waals surface area contributed by atoms with Gasteiger partial charge in [-0.15, -0.1) is 0 Å². The van der Waals surface area contributed by atoms with Crippen LogP contribution < -0.4 is 10.6 Å². The zero-order valence-corrected chi connectivity index (χ0v) is 13.2. The second-order valence-corrected chi connectivity index (χ2v) is 6.29. The normalized spacial score (nSPS) is 25.9. The first-order valence-corrected chi connectivity index (χ1v) is 8.50. The van der Waals surface area contributed by atoms with Crippen molar-refractivity contribution in [2.45, 2.75) is 57.9 Å². The molecule has 0 aromatic rings. The van der Waals surface area contributed by atoms with E-state index in [9.17, 15) is 9.59 Å². The van der Waals surface area contributed by atoms with Crippen molar-refractivity contribution >= 4 is 11.8 Å². The number of hydrogen-bond donors (Lipinski definition) is 2. The molecule has 2 saturated heterocycles. The fraction of sp³-hybridized carbons (Fsp3) is 0.875. The molecule has 0 spiro atoms. The van der Waals surface area contributed by atoms with Gasteiger partial charge in [-0.3, -0.25) is 9.59 Å². The molecule has 5 nitrogen and oxygen atoms in total. The molecule has 2 atom stereocenters. The lowest BCUT2D eigenvalue weighted by molar-refractivity contribution is -0.142. The summed E-state index contributed by atoms with van der Waals surface area (Å²) < 4.78 is 0. The lowest BCUT2D eigenvalue weighted by Gasteiger charge is -2.34. The Hall–Kier alpha value is -1.10. The first kappa shape index (κ1) is 16.3. The molecular formula is C16H29N3O2. The SMILES string of the molecule is CCCC(=O)N1CCCCC1C(=O)NCCC1CCNC1. The molecule has 2 fully saturated rings. The van der Waals surface area contributed by atoms with E-state index in [4.69, 9.17) is 0 Å². The fourth-order valence-electron chi connectivity index (χ4n) is 3.34. The van der Waals surface area contributed by atoms with E-state index in [1.165, 1.54) is 6.42 Å². The van der Waals surface area contributed by atoms with Crippen LogP contribution in [0.4, 0.5) is 0 Å². The molecular weight excluding hydrogens is 266 g/mol. The summed E-state index contributed by atoms with van der Waals surface area (Å²) in [4.78, 5) is 26.3. The van der Waals surface area contributed by atoms with Crippen LogP contribution in [0.25, 0.3) is 0 Å². The molecule has 0 aromatic carbocycles. The summed E-state index contributed by atoms with van der Waals surface area (Å²) in [6.45, 7) is 5.65. The summed E-state index contributed by atoms with van der Waals surface area (Å²) >= 11 is 0. The predicted octanol–water partition coefficient (Wildman–Crippen LogP) is 1.28. The molecule has 0 radical (unpaired) electrons. The van der Waals surface area contributed by atoms with Crippen LogP contribution in [0.15, 0.2) is 0 Å². The van der Waals surface area contributed by atoms with Gasteiger partial charge in [0.1, 0.15) is 6.04 Å². The zero-order chi connectivity index (χ0) is 15.1. The van der Waals surface area contributed by atoms with Gasteiger partial charge in [0.2, 0.25) is 11.8 Å². The molecule has 0 saturated carbocycles. The summed E-state index contributed by atoms with van der Waals surface area (Å²) in [5.74, 6) is 0.872. The summed E-state index contributed by atoms with van der Waals surface area (Å²) in [7, 11) is 0. The molecule has 2 N–H and O–H groups in total. The molecule has 21 heavy (non-hydrogen) atoms. The van der Waals surface area contributed by atoms with Gasteiger partial charge in [-0.05, 0) is 57.5 Å². The van der Waals surface area contributed by atoms with Crippen molar-refractivity contribution in [1.82, 2.24) is 15.5 Å². The smallest absolute Gasteiger partial charge is 0.242 e. The molecule has 2 aliphatic rings. The number of hydrogen-bond acceptors (Lipinski definition) is 3. The van der Waals surface area contributed by atoms with Crippen LogP contribution in [-0.4, -0.2) is 48.9 Å². The molecule has 2 heterocycles. The minimum Gasteiger partial charge on any atom is -0.354 e. The van der Waals surface area contributed by atoms with Crippen LogP contribution in [-0.2, 0) is 9.59 Å². The first-order valence-electron chi connectivity index (χ1n) is 8.50. The predicted molar refractivity (Wildman–Crippen MR) is 82.9 cm³/mol. The molecule has 0 aromatic heterocycles. The Morgan fingerprint density at radius 2 is 2.14 bits per heavy atom. The second-order valence-electron chi connectivity index (χ2n) is 6.29. The Bertz CT molecular complexity index is 353. The minimum atomic E-state index is -0.237. The summed E-state index contributed by atoms with van der Waals surface area (Å²) in [6, 6.07) is -0.237. The van der Waals surface area contributed by atoms with Gasteiger partial charge >= 0.3 is 0 Å². The number of rotatable bonds is 6. The monoisotopic (exact) mass is 295 g/mol. The fourth-order valence-corrected chi connectivity index (χ4v) is 3.34. The standard InChI is InChI=1S/C16H29N3O2/c1-2-5-15(20)19-11-4-3-6-14(19)16(21)18-10-8-13-7-9-17-12-13/h13-14,17H,2-12H2,1H3,(H,18,21). The van der Waals surface area contributed by atoms with E-state index in [0.29, 0.717) is 12.3 Å². The topological polar surface area (TPSA) is 61.4 Å². The highest BCUT2D eigenvalue weighted by Gasteiger charge is 2.31. The van der Waals surface area contributed by atoms with Crippen LogP contribution in [0, 0.1) is 5.92 Å². The highest BCUT2D eigenvalue weighted by atomic mass is 16.2. The van der Waals surface area contributed by atoms with Gasteiger partial charge in [-0.2, -0.15) is 0 Å². The number of likely N-dealkylation sites (tertiary alicyclic amines) is 1. The minimum absolute atomic E-state index is 0.0464. The molecule has 2 aliphatic heterocycles. The largest absolute Gasteiger partial charge is 0.354 e. The lowest BCUT2D eigenvalue weighted by atomic mass is 10.00. The van der Waals surface area contributed by atoms with Crippen LogP contribution in [0.5, 0.6) is 0 Å². The highest BCUT2D eigenvalue weighted by molar-refractivity contribution is 5.87. The van der Waals surface area contributed by atoms with Crippen LogP contribution in [0.2, 0.25) is 0 Å². The lowest BCUT2D eigenvalue weighted by Crippen LogP contribution is -2.52. The van der Waals surface area contributed by atoms with E-state index < -0.39 is 0 Å². The molecule has 2 unspecified atom stereocenters. The van der Waals surface area contributed by atoms with E-state index in [-0.39, 0.29) is 17.9 Å². The van der Waals surface area contributed by atoms with Gasteiger partial charge < -0.3 is 15.5 Å². The van der Waals surface area contributed by atoms with Crippen LogP contribution in [0.3, 0.4) is 0 Å². The Morgan fingerprint density at radius 3 is 2.86 bits per heavy atom. The van der Waals surface area contributed by atoms with Gasteiger partial charge in [0.25, 0.3) is 0 Å². The number of nitrogens with one attached hydrogen (secondary N) is 2. The number of nitrogens with zero attached hydrogens (tertiary/aromatic N) is 1. The van der Waals surface area contributed by atoms with Gasteiger partial charge in [0.15, 0.2) is 0 Å². The molecule has 5 heteroatoms. The third-order valence-corrected chi connectivity index (χ3v) is 4.60. The third kappa shape index (κ3) is 4.70. The quantitative estimate of drug-likeness (QED) is 0.776. The molecule has 2 rings (SSSR count). The number of carbonyl (C=O) groups excluding carboxylic acids is 2. The Kier molecular flexibility index (Phi) is 6.49.